The predicted molar refractivity (Wildman–Crippen MR) is 67.5 cm³/mol. The lowest BCUT2D eigenvalue weighted by Gasteiger charge is -2.18. The monoisotopic (exact) mass is 279 g/mol. The third kappa shape index (κ3) is 3.25. The van der Waals surface area contributed by atoms with Gasteiger partial charge < -0.3 is 19.5 Å². The van der Waals surface area contributed by atoms with Crippen LogP contribution >= 0.6 is 0 Å². The normalized spacial score (nSPS) is 12.8. The van der Waals surface area contributed by atoms with E-state index in [1.54, 1.807) is 6.92 Å². The third-order valence-corrected chi connectivity index (χ3v) is 2.48. The minimum atomic E-state index is -0.665. The maximum atomic E-state index is 11.7. The first-order valence-corrected chi connectivity index (χ1v) is 5.99. The molecule has 1 heterocycles. The lowest BCUT2D eigenvalue weighted by molar-refractivity contribution is -0.146. The second-order valence-electron chi connectivity index (χ2n) is 3.93. The van der Waals surface area contributed by atoms with E-state index in [-0.39, 0.29) is 24.7 Å². The van der Waals surface area contributed by atoms with Crippen LogP contribution in [0.15, 0.2) is 18.2 Å². The molecule has 0 unspecified atom stereocenters. The summed E-state index contributed by atoms with van der Waals surface area (Å²) in [6, 6.07) is 4.46. The summed E-state index contributed by atoms with van der Waals surface area (Å²) in [6.07, 6.45) is 0. The van der Waals surface area contributed by atoms with Gasteiger partial charge in [-0.2, -0.15) is 0 Å². The van der Waals surface area contributed by atoms with E-state index in [4.69, 9.17) is 9.47 Å². The van der Waals surface area contributed by atoms with Crippen molar-refractivity contribution in [1.29, 1.82) is 0 Å². The predicted octanol–water partition coefficient (Wildman–Crippen LogP) is 0.737. The van der Waals surface area contributed by atoms with Crippen LogP contribution in [0.5, 0.6) is 5.75 Å². The molecule has 1 aromatic carbocycles. The summed E-state index contributed by atoms with van der Waals surface area (Å²) in [6.45, 7) is 1.34. The zero-order valence-corrected chi connectivity index (χ0v) is 10.8. The molecule has 0 radical (unpaired) electrons. The van der Waals surface area contributed by atoms with Crippen molar-refractivity contribution in [3.05, 3.63) is 23.8 Å². The van der Waals surface area contributed by atoms with E-state index < -0.39 is 18.5 Å². The highest BCUT2D eigenvalue weighted by Gasteiger charge is 2.18. The van der Waals surface area contributed by atoms with E-state index in [0.717, 1.165) is 0 Å². The van der Waals surface area contributed by atoms with Gasteiger partial charge in [-0.05, 0) is 25.1 Å². The molecular formula is C13H13NO6. The van der Waals surface area contributed by atoms with Gasteiger partial charge >= 0.3 is 11.9 Å². The Labute approximate surface area is 114 Å². The van der Waals surface area contributed by atoms with Crippen molar-refractivity contribution in [2.24, 2.45) is 0 Å². The molecule has 106 valence electrons. The summed E-state index contributed by atoms with van der Waals surface area (Å²) < 4.78 is 14.6. The van der Waals surface area contributed by atoms with Crippen molar-refractivity contribution in [1.82, 2.24) is 0 Å². The van der Waals surface area contributed by atoms with Gasteiger partial charge in [-0.15, -0.1) is 0 Å². The minimum absolute atomic E-state index is 0.103. The van der Waals surface area contributed by atoms with Gasteiger partial charge in [0.2, 0.25) is 0 Å². The fourth-order valence-corrected chi connectivity index (χ4v) is 1.61. The lowest BCUT2D eigenvalue weighted by Crippen LogP contribution is -2.25. The van der Waals surface area contributed by atoms with Gasteiger partial charge in [-0.25, -0.2) is 9.59 Å². The molecule has 0 bridgehead atoms. The van der Waals surface area contributed by atoms with Crippen LogP contribution in [0, 0.1) is 0 Å². The number of hydrogen-bond donors (Lipinski definition) is 1. The molecule has 0 spiro atoms. The Kier molecular flexibility index (Phi) is 4.19. The number of ether oxygens (including phenoxy) is 3. The van der Waals surface area contributed by atoms with Crippen molar-refractivity contribution in [3.63, 3.8) is 0 Å². The molecule has 20 heavy (non-hydrogen) atoms. The number of carbonyl (C=O) groups is 3. The van der Waals surface area contributed by atoms with Crippen molar-refractivity contribution in [2.75, 3.05) is 25.1 Å². The van der Waals surface area contributed by atoms with E-state index in [1.165, 1.54) is 18.2 Å². The summed E-state index contributed by atoms with van der Waals surface area (Å²) in [5, 5.41) is 2.60. The quantitative estimate of drug-likeness (QED) is 0.817. The Hall–Kier alpha value is -2.57. The van der Waals surface area contributed by atoms with E-state index in [0.29, 0.717) is 11.4 Å². The maximum Gasteiger partial charge on any atom is 0.344 e. The van der Waals surface area contributed by atoms with Gasteiger partial charge in [0.1, 0.15) is 5.75 Å². The number of rotatable bonds is 4. The summed E-state index contributed by atoms with van der Waals surface area (Å²) in [5.74, 6) is -1.14. The van der Waals surface area contributed by atoms with Crippen molar-refractivity contribution >= 4 is 23.5 Å². The van der Waals surface area contributed by atoms with Crippen LogP contribution in [0.25, 0.3) is 0 Å². The topological polar surface area (TPSA) is 90.9 Å². The first-order chi connectivity index (χ1) is 9.60. The summed E-state index contributed by atoms with van der Waals surface area (Å²) in [4.78, 5) is 33.9. The van der Waals surface area contributed by atoms with Crippen LogP contribution in [0.2, 0.25) is 0 Å². The van der Waals surface area contributed by atoms with Crippen LogP contribution in [0.1, 0.15) is 17.3 Å². The Bertz CT molecular complexity index is 554. The number of hydrogen-bond acceptors (Lipinski definition) is 6. The third-order valence-electron chi connectivity index (χ3n) is 2.48. The highest BCUT2D eigenvalue weighted by molar-refractivity contribution is 5.97. The Balaban J connectivity index is 2.00. The van der Waals surface area contributed by atoms with Crippen LogP contribution in [-0.4, -0.2) is 37.7 Å². The van der Waals surface area contributed by atoms with Crippen LogP contribution in [0.3, 0.4) is 0 Å². The van der Waals surface area contributed by atoms with Crippen molar-refractivity contribution in [2.45, 2.75) is 6.92 Å². The zero-order valence-electron chi connectivity index (χ0n) is 10.8. The molecule has 7 heteroatoms. The maximum absolute atomic E-state index is 11.7. The molecule has 2 rings (SSSR count). The summed E-state index contributed by atoms with van der Waals surface area (Å²) in [5.41, 5.74) is 0.715. The van der Waals surface area contributed by atoms with E-state index in [1.807, 2.05) is 0 Å². The SMILES string of the molecule is CCOC(=O)COC(=O)c1ccc2c(c1)OCC(=O)N2. The largest absolute Gasteiger partial charge is 0.482 e. The average molecular weight is 279 g/mol. The first kappa shape index (κ1) is 13.9. The molecule has 1 aliphatic heterocycles. The highest BCUT2D eigenvalue weighted by Crippen LogP contribution is 2.28. The van der Waals surface area contributed by atoms with E-state index in [2.05, 4.69) is 10.1 Å². The molecule has 1 aromatic rings. The second kappa shape index (κ2) is 6.05. The number of carbonyl (C=O) groups excluding carboxylic acids is 3. The van der Waals surface area contributed by atoms with Gasteiger partial charge in [-0.3, -0.25) is 4.79 Å². The summed E-state index contributed by atoms with van der Waals surface area (Å²) in [7, 11) is 0. The molecule has 0 saturated heterocycles. The first-order valence-electron chi connectivity index (χ1n) is 5.99. The standard InChI is InChI=1S/C13H13NO6/c1-2-18-12(16)7-20-13(17)8-3-4-9-10(5-8)19-6-11(15)14-9/h3-5H,2,6-7H2,1H3,(H,14,15). The molecular weight excluding hydrogens is 266 g/mol. The Morgan fingerprint density at radius 1 is 1.35 bits per heavy atom. The van der Waals surface area contributed by atoms with Gasteiger partial charge in [0.15, 0.2) is 13.2 Å². The lowest BCUT2D eigenvalue weighted by atomic mass is 10.1. The number of esters is 2. The highest BCUT2D eigenvalue weighted by atomic mass is 16.6. The van der Waals surface area contributed by atoms with E-state index >= 15 is 0 Å². The molecule has 1 N–H and O–H groups in total. The van der Waals surface area contributed by atoms with Gasteiger partial charge in [0.25, 0.3) is 5.91 Å². The molecule has 0 fully saturated rings. The fourth-order valence-electron chi connectivity index (χ4n) is 1.61. The van der Waals surface area contributed by atoms with Gasteiger partial charge in [0, 0.05) is 0 Å². The van der Waals surface area contributed by atoms with Crippen LogP contribution in [0.4, 0.5) is 5.69 Å². The average Bonchev–Trinajstić information content (AvgIpc) is 2.44. The molecule has 1 aliphatic rings. The molecule has 0 aromatic heterocycles. The van der Waals surface area contributed by atoms with Crippen LogP contribution in [-0.2, 0) is 19.1 Å². The zero-order chi connectivity index (χ0) is 14.5. The molecule has 1 amide bonds. The minimum Gasteiger partial charge on any atom is -0.482 e. The Morgan fingerprint density at radius 3 is 2.90 bits per heavy atom. The summed E-state index contributed by atoms with van der Waals surface area (Å²) >= 11 is 0. The number of amides is 1. The van der Waals surface area contributed by atoms with E-state index in [9.17, 15) is 14.4 Å². The van der Waals surface area contributed by atoms with Crippen molar-refractivity contribution < 1.29 is 28.6 Å². The number of benzene rings is 1. The molecule has 0 atom stereocenters. The number of nitrogens with one attached hydrogen (secondary N) is 1. The molecule has 0 aliphatic carbocycles. The smallest absolute Gasteiger partial charge is 0.344 e. The number of anilines is 1. The molecule has 7 nitrogen and oxygen atoms in total. The van der Waals surface area contributed by atoms with Gasteiger partial charge in [0.05, 0.1) is 17.9 Å². The van der Waals surface area contributed by atoms with Crippen molar-refractivity contribution in [3.8, 4) is 5.75 Å². The second-order valence-corrected chi connectivity index (χ2v) is 3.93. The van der Waals surface area contributed by atoms with Gasteiger partial charge in [-0.1, -0.05) is 0 Å². The molecule has 0 saturated carbocycles. The van der Waals surface area contributed by atoms with Crippen LogP contribution < -0.4 is 10.1 Å². The fraction of sp³-hybridized carbons (Fsp3) is 0.308. The number of fused-ring (bicyclic) bond motifs is 1. The Morgan fingerprint density at radius 2 is 2.15 bits per heavy atom.